The Morgan fingerprint density at radius 2 is 1.83 bits per heavy atom. The van der Waals surface area contributed by atoms with Crippen molar-refractivity contribution in [1.82, 2.24) is 4.90 Å². The van der Waals surface area contributed by atoms with E-state index in [1.54, 1.807) is 29.2 Å². The monoisotopic (exact) mass is 425 g/mol. The second-order valence-electron chi connectivity index (χ2n) is 7.69. The smallest absolute Gasteiger partial charge is 0.295 e. The van der Waals surface area contributed by atoms with Gasteiger partial charge in [0.15, 0.2) is 0 Å². The van der Waals surface area contributed by atoms with Crippen LogP contribution in [0, 0.1) is 0 Å². The summed E-state index contributed by atoms with van der Waals surface area (Å²) in [5.41, 5.74) is 2.50. The summed E-state index contributed by atoms with van der Waals surface area (Å²) >= 11 is 5.96. The summed E-state index contributed by atoms with van der Waals surface area (Å²) in [5, 5.41) is 11.5. The van der Waals surface area contributed by atoms with Crippen LogP contribution < -0.4 is 0 Å². The number of aliphatic hydroxyl groups excluding tert-OH is 1. The number of likely N-dealkylation sites (tertiary alicyclic amines) is 1. The second kappa shape index (κ2) is 8.62. The Balaban J connectivity index is 1.80. The molecular weight excluding hydrogens is 402 g/mol. The lowest BCUT2D eigenvalue weighted by molar-refractivity contribution is -0.140. The molecule has 2 aliphatic rings. The fraction of sp³-hybridized carbons (Fsp3) is 0.333. The van der Waals surface area contributed by atoms with Gasteiger partial charge in [-0.1, -0.05) is 42.8 Å². The first-order valence-electron chi connectivity index (χ1n) is 10.2. The zero-order chi connectivity index (χ0) is 21.3. The van der Waals surface area contributed by atoms with Crippen molar-refractivity contribution < 1.29 is 19.4 Å². The van der Waals surface area contributed by atoms with Crippen molar-refractivity contribution >= 4 is 29.1 Å². The average Bonchev–Trinajstić information content (AvgIpc) is 3.36. The Morgan fingerprint density at radius 1 is 1.13 bits per heavy atom. The van der Waals surface area contributed by atoms with Crippen LogP contribution in [-0.2, 0) is 20.7 Å². The van der Waals surface area contributed by atoms with Gasteiger partial charge in [0.2, 0.25) is 0 Å². The van der Waals surface area contributed by atoms with Crippen LogP contribution in [0.2, 0.25) is 5.02 Å². The molecular formula is C24H24ClNO4. The van der Waals surface area contributed by atoms with Crippen LogP contribution in [0.4, 0.5) is 0 Å². The molecule has 5 nitrogen and oxygen atoms in total. The molecule has 1 amide bonds. The van der Waals surface area contributed by atoms with Crippen molar-refractivity contribution in [2.45, 2.75) is 38.3 Å². The lowest BCUT2D eigenvalue weighted by atomic mass is 9.94. The molecule has 4 rings (SSSR count). The van der Waals surface area contributed by atoms with Gasteiger partial charge in [0, 0.05) is 23.7 Å². The summed E-state index contributed by atoms with van der Waals surface area (Å²) in [6.07, 6.45) is 2.58. The number of halogens is 1. The number of carbonyl (C=O) groups excluding carboxylic acids is 2. The van der Waals surface area contributed by atoms with E-state index in [1.165, 1.54) is 0 Å². The van der Waals surface area contributed by atoms with Gasteiger partial charge in [-0.25, -0.2) is 0 Å². The highest BCUT2D eigenvalue weighted by Gasteiger charge is 2.47. The van der Waals surface area contributed by atoms with Gasteiger partial charge in [0.05, 0.1) is 17.7 Å². The van der Waals surface area contributed by atoms with Gasteiger partial charge < -0.3 is 14.7 Å². The van der Waals surface area contributed by atoms with Crippen LogP contribution in [-0.4, -0.2) is 41.0 Å². The van der Waals surface area contributed by atoms with E-state index in [9.17, 15) is 14.7 Å². The second-order valence-corrected chi connectivity index (χ2v) is 8.12. The molecule has 30 heavy (non-hydrogen) atoms. The minimum absolute atomic E-state index is 0.101. The third kappa shape index (κ3) is 3.87. The van der Waals surface area contributed by atoms with Crippen LogP contribution >= 0.6 is 11.6 Å². The van der Waals surface area contributed by atoms with E-state index in [1.807, 2.05) is 24.3 Å². The predicted octanol–water partition coefficient (Wildman–Crippen LogP) is 4.50. The molecule has 0 aliphatic carbocycles. The summed E-state index contributed by atoms with van der Waals surface area (Å²) in [6, 6.07) is 13.7. The van der Waals surface area contributed by atoms with Crippen LogP contribution in [0.5, 0.6) is 0 Å². The first kappa shape index (κ1) is 20.6. The number of ketones is 1. The number of Topliss-reactive ketones (excluding diaryl/α,β-unsaturated/α-hetero) is 1. The first-order chi connectivity index (χ1) is 14.5. The Bertz CT molecular complexity index is 975. The normalized spacial score (nSPS) is 23.3. The van der Waals surface area contributed by atoms with Crippen molar-refractivity contribution in [3.05, 3.63) is 75.8 Å². The number of hydrogen-bond acceptors (Lipinski definition) is 4. The van der Waals surface area contributed by atoms with Crippen LogP contribution in [0.1, 0.15) is 42.5 Å². The standard InChI is InChI=1S/C24H24ClNO4/c1-2-15-5-7-16(8-6-15)21-20(22(27)17-9-11-18(25)12-10-17)23(28)24(29)26(21)14-19-4-3-13-30-19/h5-12,19,21,27H,2-4,13-14H2,1H3/t19-,21-/m1/s1. The maximum atomic E-state index is 13.0. The van der Waals surface area contributed by atoms with Crippen LogP contribution in [0.15, 0.2) is 54.1 Å². The Labute approximate surface area is 180 Å². The van der Waals surface area contributed by atoms with E-state index in [-0.39, 0.29) is 17.4 Å². The van der Waals surface area contributed by atoms with Gasteiger partial charge in [0.1, 0.15) is 5.76 Å². The molecule has 6 heteroatoms. The third-order valence-electron chi connectivity index (χ3n) is 5.79. The van der Waals surface area contributed by atoms with Crippen molar-refractivity contribution in [2.24, 2.45) is 0 Å². The van der Waals surface area contributed by atoms with E-state index in [0.717, 1.165) is 30.4 Å². The molecule has 0 aromatic heterocycles. The largest absolute Gasteiger partial charge is 0.507 e. The number of ether oxygens (including phenoxy) is 1. The maximum Gasteiger partial charge on any atom is 0.295 e. The van der Waals surface area contributed by atoms with Gasteiger partial charge in [-0.15, -0.1) is 0 Å². The third-order valence-corrected chi connectivity index (χ3v) is 6.04. The molecule has 0 saturated carbocycles. The number of rotatable bonds is 5. The molecule has 2 fully saturated rings. The molecule has 0 bridgehead atoms. The Morgan fingerprint density at radius 3 is 2.43 bits per heavy atom. The van der Waals surface area contributed by atoms with E-state index in [0.29, 0.717) is 23.7 Å². The Hall–Kier alpha value is -2.63. The lowest BCUT2D eigenvalue weighted by Gasteiger charge is -2.27. The first-order valence-corrected chi connectivity index (χ1v) is 10.6. The summed E-state index contributed by atoms with van der Waals surface area (Å²) in [4.78, 5) is 27.5. The molecule has 2 aromatic carbocycles. The topological polar surface area (TPSA) is 66.8 Å². The molecule has 0 spiro atoms. The zero-order valence-corrected chi connectivity index (χ0v) is 17.6. The number of aryl methyl sites for hydroxylation is 1. The van der Waals surface area contributed by atoms with Gasteiger partial charge in [0.25, 0.3) is 11.7 Å². The minimum Gasteiger partial charge on any atom is -0.507 e. The Kier molecular flexibility index (Phi) is 5.93. The highest BCUT2D eigenvalue weighted by atomic mass is 35.5. The quantitative estimate of drug-likeness (QED) is 0.435. The minimum atomic E-state index is -0.676. The molecule has 2 aromatic rings. The fourth-order valence-corrected chi connectivity index (χ4v) is 4.25. The predicted molar refractivity (Wildman–Crippen MR) is 115 cm³/mol. The van der Waals surface area contributed by atoms with E-state index in [4.69, 9.17) is 16.3 Å². The maximum absolute atomic E-state index is 13.0. The highest BCUT2D eigenvalue weighted by molar-refractivity contribution is 6.46. The van der Waals surface area contributed by atoms with Gasteiger partial charge in [-0.3, -0.25) is 9.59 Å². The molecule has 2 saturated heterocycles. The number of aliphatic hydroxyl groups is 1. The molecule has 2 aliphatic heterocycles. The number of carbonyl (C=O) groups is 2. The van der Waals surface area contributed by atoms with Gasteiger partial charge in [-0.05, 0) is 54.7 Å². The molecule has 156 valence electrons. The fourth-order valence-electron chi connectivity index (χ4n) is 4.12. The number of nitrogens with zero attached hydrogens (tertiary/aromatic N) is 1. The van der Waals surface area contributed by atoms with Crippen molar-refractivity contribution in [1.29, 1.82) is 0 Å². The lowest BCUT2D eigenvalue weighted by Crippen LogP contribution is -2.36. The average molecular weight is 426 g/mol. The summed E-state index contributed by atoms with van der Waals surface area (Å²) < 4.78 is 5.71. The van der Waals surface area contributed by atoms with Crippen molar-refractivity contribution in [3.8, 4) is 0 Å². The van der Waals surface area contributed by atoms with E-state index in [2.05, 4.69) is 6.92 Å². The summed E-state index contributed by atoms with van der Waals surface area (Å²) in [7, 11) is 0. The SMILES string of the molecule is CCc1ccc([C@@H]2C(=C(O)c3ccc(Cl)cc3)C(=O)C(=O)N2C[C@H]2CCCO2)cc1. The zero-order valence-electron chi connectivity index (χ0n) is 16.8. The molecule has 0 unspecified atom stereocenters. The summed E-state index contributed by atoms with van der Waals surface area (Å²) in [6.45, 7) is 3.05. The number of amides is 1. The van der Waals surface area contributed by atoms with Gasteiger partial charge in [-0.2, -0.15) is 0 Å². The summed E-state index contributed by atoms with van der Waals surface area (Å²) in [5.74, 6) is -1.47. The molecule has 1 N–H and O–H groups in total. The van der Waals surface area contributed by atoms with E-state index >= 15 is 0 Å². The van der Waals surface area contributed by atoms with E-state index < -0.39 is 17.7 Å². The highest BCUT2D eigenvalue weighted by Crippen LogP contribution is 2.40. The van der Waals surface area contributed by atoms with Gasteiger partial charge >= 0.3 is 0 Å². The van der Waals surface area contributed by atoms with Crippen molar-refractivity contribution in [2.75, 3.05) is 13.2 Å². The van der Waals surface area contributed by atoms with Crippen LogP contribution in [0.25, 0.3) is 5.76 Å². The molecule has 2 heterocycles. The molecule has 0 radical (unpaired) electrons. The molecule has 2 atom stereocenters. The number of benzene rings is 2. The van der Waals surface area contributed by atoms with Crippen LogP contribution in [0.3, 0.4) is 0 Å². The van der Waals surface area contributed by atoms with Crippen molar-refractivity contribution in [3.63, 3.8) is 0 Å². The number of hydrogen-bond donors (Lipinski definition) is 1.